The molecule has 1 rings (SSSR count). The van der Waals surface area contributed by atoms with Gasteiger partial charge in [0.05, 0.1) is 6.04 Å². The molecule has 3 nitrogen and oxygen atoms in total. The lowest BCUT2D eigenvalue weighted by Crippen LogP contribution is -2.48. The minimum atomic E-state index is -0.357. The van der Waals surface area contributed by atoms with Crippen LogP contribution in [0.25, 0.3) is 0 Å². The summed E-state index contributed by atoms with van der Waals surface area (Å²) in [6.07, 6.45) is 2.17. The lowest BCUT2D eigenvalue weighted by molar-refractivity contribution is -0.124. The predicted molar refractivity (Wildman–Crippen MR) is 68.6 cm³/mol. The third kappa shape index (κ3) is 5.09. The van der Waals surface area contributed by atoms with Crippen LogP contribution in [0.1, 0.15) is 26.7 Å². The Labute approximate surface area is 102 Å². The molecule has 1 atom stereocenters. The van der Waals surface area contributed by atoms with Crippen LogP contribution in [0, 0.1) is 5.92 Å². The van der Waals surface area contributed by atoms with Crippen LogP contribution in [0.2, 0.25) is 0 Å². The van der Waals surface area contributed by atoms with E-state index in [1.54, 1.807) is 0 Å². The van der Waals surface area contributed by atoms with Crippen LogP contribution < -0.4 is 11.1 Å². The molecule has 1 saturated heterocycles. The van der Waals surface area contributed by atoms with Gasteiger partial charge in [-0.25, -0.2) is 0 Å². The zero-order valence-electron chi connectivity index (χ0n) is 9.36. The van der Waals surface area contributed by atoms with Gasteiger partial charge in [-0.1, -0.05) is 13.8 Å². The Balaban J connectivity index is 0.00000196. The van der Waals surface area contributed by atoms with Crippen LogP contribution >= 0.6 is 24.2 Å². The number of amides is 1. The molecule has 0 bridgehead atoms. The summed E-state index contributed by atoms with van der Waals surface area (Å²) >= 11 is 1.96. The van der Waals surface area contributed by atoms with Gasteiger partial charge >= 0.3 is 0 Å². The lowest BCUT2D eigenvalue weighted by Gasteiger charge is -2.25. The first-order chi connectivity index (χ1) is 6.61. The number of halogens is 1. The number of nitrogens with one attached hydrogen (secondary N) is 1. The molecule has 0 saturated carbocycles. The number of hydrogen-bond donors (Lipinski definition) is 2. The van der Waals surface area contributed by atoms with Crippen molar-refractivity contribution < 1.29 is 4.79 Å². The van der Waals surface area contributed by atoms with Crippen LogP contribution in [0.3, 0.4) is 0 Å². The number of rotatable bonds is 3. The van der Waals surface area contributed by atoms with Crippen LogP contribution in [0.5, 0.6) is 0 Å². The van der Waals surface area contributed by atoms with Crippen molar-refractivity contribution in [2.45, 2.75) is 38.8 Å². The van der Waals surface area contributed by atoms with E-state index in [9.17, 15) is 4.79 Å². The van der Waals surface area contributed by atoms with Gasteiger partial charge in [-0.2, -0.15) is 11.8 Å². The molecule has 1 aliphatic rings. The third-order valence-corrected chi connectivity index (χ3v) is 3.64. The number of carbonyl (C=O) groups excluding carboxylic acids is 1. The maximum atomic E-state index is 11.6. The largest absolute Gasteiger partial charge is 0.352 e. The SMILES string of the molecule is CC(C)C(N)C(=O)NC1CCSCC1.Cl. The fourth-order valence-corrected chi connectivity index (χ4v) is 2.55. The Kier molecular flexibility index (Phi) is 7.40. The van der Waals surface area contributed by atoms with E-state index in [0.29, 0.717) is 6.04 Å². The molecule has 1 fully saturated rings. The van der Waals surface area contributed by atoms with Crippen molar-refractivity contribution in [1.29, 1.82) is 0 Å². The summed E-state index contributed by atoms with van der Waals surface area (Å²) in [7, 11) is 0. The molecule has 0 aromatic rings. The Morgan fingerprint density at radius 1 is 1.40 bits per heavy atom. The molecule has 5 heteroatoms. The Morgan fingerprint density at radius 3 is 2.40 bits per heavy atom. The van der Waals surface area contributed by atoms with Crippen molar-refractivity contribution in [3.63, 3.8) is 0 Å². The minimum absolute atomic E-state index is 0. The molecule has 3 N–H and O–H groups in total. The highest BCUT2D eigenvalue weighted by molar-refractivity contribution is 7.99. The standard InChI is InChI=1S/C10H20N2OS.ClH/c1-7(2)9(11)10(13)12-8-3-5-14-6-4-8;/h7-9H,3-6,11H2,1-2H3,(H,12,13);1H. The molecule has 15 heavy (non-hydrogen) atoms. The number of hydrogen-bond acceptors (Lipinski definition) is 3. The van der Waals surface area contributed by atoms with Gasteiger partial charge in [0.25, 0.3) is 0 Å². The zero-order valence-corrected chi connectivity index (χ0v) is 11.0. The molecular weight excluding hydrogens is 232 g/mol. The van der Waals surface area contributed by atoms with E-state index in [1.807, 2.05) is 25.6 Å². The van der Waals surface area contributed by atoms with Crippen LogP contribution in [0.15, 0.2) is 0 Å². The van der Waals surface area contributed by atoms with E-state index in [-0.39, 0.29) is 30.3 Å². The average Bonchev–Trinajstić information content (AvgIpc) is 2.18. The van der Waals surface area contributed by atoms with Gasteiger partial charge < -0.3 is 11.1 Å². The molecule has 0 spiro atoms. The monoisotopic (exact) mass is 252 g/mol. The van der Waals surface area contributed by atoms with Crippen molar-refractivity contribution in [3.8, 4) is 0 Å². The van der Waals surface area contributed by atoms with Crippen LogP contribution in [-0.2, 0) is 4.79 Å². The van der Waals surface area contributed by atoms with E-state index in [2.05, 4.69) is 5.32 Å². The first-order valence-corrected chi connectivity index (χ1v) is 6.40. The summed E-state index contributed by atoms with van der Waals surface area (Å²) in [4.78, 5) is 11.6. The van der Waals surface area contributed by atoms with E-state index >= 15 is 0 Å². The molecule has 0 radical (unpaired) electrons. The van der Waals surface area contributed by atoms with Crippen molar-refractivity contribution in [1.82, 2.24) is 5.32 Å². The number of carbonyl (C=O) groups is 1. The van der Waals surface area contributed by atoms with Crippen LogP contribution in [0.4, 0.5) is 0 Å². The van der Waals surface area contributed by atoms with Gasteiger partial charge in [0.15, 0.2) is 0 Å². The van der Waals surface area contributed by atoms with E-state index in [1.165, 1.54) is 0 Å². The smallest absolute Gasteiger partial charge is 0.237 e. The van der Waals surface area contributed by atoms with E-state index in [4.69, 9.17) is 5.73 Å². The van der Waals surface area contributed by atoms with Gasteiger partial charge in [0.2, 0.25) is 5.91 Å². The molecule has 1 amide bonds. The molecule has 90 valence electrons. The first kappa shape index (κ1) is 15.1. The Morgan fingerprint density at radius 2 is 1.93 bits per heavy atom. The fourth-order valence-electron chi connectivity index (χ4n) is 1.44. The molecule has 1 aliphatic heterocycles. The second-order valence-corrected chi connectivity index (χ2v) is 5.39. The fraction of sp³-hybridized carbons (Fsp3) is 0.900. The van der Waals surface area contributed by atoms with E-state index in [0.717, 1.165) is 24.3 Å². The minimum Gasteiger partial charge on any atom is -0.352 e. The van der Waals surface area contributed by atoms with Gasteiger partial charge in [-0.3, -0.25) is 4.79 Å². The number of nitrogens with two attached hydrogens (primary N) is 1. The highest BCUT2D eigenvalue weighted by Crippen LogP contribution is 2.17. The van der Waals surface area contributed by atoms with Crippen LogP contribution in [-0.4, -0.2) is 29.5 Å². The number of thioether (sulfide) groups is 1. The molecule has 0 aromatic carbocycles. The summed E-state index contributed by atoms with van der Waals surface area (Å²) in [6, 6.07) is -0.00173. The van der Waals surface area contributed by atoms with Crippen molar-refractivity contribution in [2.24, 2.45) is 11.7 Å². The first-order valence-electron chi connectivity index (χ1n) is 5.25. The predicted octanol–water partition coefficient (Wildman–Crippen LogP) is 1.40. The summed E-state index contributed by atoms with van der Waals surface area (Å²) < 4.78 is 0. The van der Waals surface area contributed by atoms with Gasteiger partial charge in [-0.15, -0.1) is 12.4 Å². The summed E-state index contributed by atoms with van der Waals surface area (Å²) in [5.41, 5.74) is 5.76. The maximum Gasteiger partial charge on any atom is 0.237 e. The summed E-state index contributed by atoms with van der Waals surface area (Å²) in [5.74, 6) is 2.54. The molecular formula is C10H21ClN2OS. The van der Waals surface area contributed by atoms with E-state index < -0.39 is 0 Å². The third-order valence-electron chi connectivity index (χ3n) is 2.59. The second-order valence-electron chi connectivity index (χ2n) is 4.17. The molecule has 0 aliphatic carbocycles. The molecule has 1 heterocycles. The average molecular weight is 253 g/mol. The Hall–Kier alpha value is 0.0700. The van der Waals surface area contributed by atoms with Gasteiger partial charge in [-0.05, 0) is 30.3 Å². The Bertz CT molecular complexity index is 196. The highest BCUT2D eigenvalue weighted by Gasteiger charge is 2.21. The zero-order chi connectivity index (χ0) is 10.6. The van der Waals surface area contributed by atoms with Crippen molar-refractivity contribution >= 4 is 30.1 Å². The van der Waals surface area contributed by atoms with Crippen molar-refractivity contribution in [3.05, 3.63) is 0 Å². The van der Waals surface area contributed by atoms with Gasteiger partial charge in [0.1, 0.15) is 0 Å². The highest BCUT2D eigenvalue weighted by atomic mass is 35.5. The quantitative estimate of drug-likeness (QED) is 0.799. The maximum absolute atomic E-state index is 11.6. The molecule has 1 unspecified atom stereocenters. The lowest BCUT2D eigenvalue weighted by atomic mass is 10.0. The van der Waals surface area contributed by atoms with Gasteiger partial charge in [0, 0.05) is 6.04 Å². The summed E-state index contributed by atoms with van der Waals surface area (Å²) in [6.45, 7) is 3.95. The normalized spacial score (nSPS) is 19.5. The summed E-state index contributed by atoms with van der Waals surface area (Å²) in [5, 5.41) is 3.02. The second kappa shape index (κ2) is 7.36. The molecule has 0 aromatic heterocycles. The van der Waals surface area contributed by atoms with Crippen molar-refractivity contribution in [2.75, 3.05) is 11.5 Å². The topological polar surface area (TPSA) is 55.1 Å².